The second-order valence-corrected chi connectivity index (χ2v) is 6.76. The third kappa shape index (κ3) is 3.83. The molecule has 2 aromatic carbocycles. The minimum atomic E-state index is -0.221. The average Bonchev–Trinajstić information content (AvgIpc) is 3.09. The molecule has 134 valence electrons. The number of hydrogen-bond donors (Lipinski definition) is 1. The maximum Gasteiger partial charge on any atom is 0.257 e. The van der Waals surface area contributed by atoms with Crippen LogP contribution in [0.4, 0.5) is 5.69 Å². The van der Waals surface area contributed by atoms with Crippen LogP contribution < -0.4 is 5.32 Å². The molecule has 0 fully saturated rings. The lowest BCUT2D eigenvalue weighted by Crippen LogP contribution is -2.14. The molecule has 0 aliphatic rings. The number of aromatic nitrogens is 3. The first-order valence-corrected chi connectivity index (χ1v) is 8.91. The number of fused-ring (bicyclic) bond motifs is 1. The number of carbonyl (C=O) groups excluding carboxylic acids is 1. The van der Waals surface area contributed by atoms with Gasteiger partial charge >= 0.3 is 0 Å². The van der Waals surface area contributed by atoms with Gasteiger partial charge in [-0.2, -0.15) is 5.10 Å². The van der Waals surface area contributed by atoms with Gasteiger partial charge in [-0.05, 0) is 36.8 Å². The lowest BCUT2D eigenvalue weighted by molar-refractivity contribution is 0.102. The number of hydrogen-bond acceptors (Lipinski definition) is 3. The first-order valence-electron chi connectivity index (χ1n) is 8.53. The molecule has 2 aromatic heterocycles. The summed E-state index contributed by atoms with van der Waals surface area (Å²) in [7, 11) is 0. The van der Waals surface area contributed by atoms with Crippen LogP contribution in [0.5, 0.6) is 0 Å². The summed E-state index contributed by atoms with van der Waals surface area (Å²) in [4.78, 5) is 17.2. The Morgan fingerprint density at radius 3 is 2.78 bits per heavy atom. The van der Waals surface area contributed by atoms with E-state index in [0.29, 0.717) is 28.5 Å². The number of amides is 1. The Balaban J connectivity index is 1.54. The summed E-state index contributed by atoms with van der Waals surface area (Å²) in [5.41, 5.74) is 3.77. The van der Waals surface area contributed by atoms with E-state index in [9.17, 15) is 4.79 Å². The predicted molar refractivity (Wildman–Crippen MR) is 107 cm³/mol. The molecule has 1 amide bonds. The Morgan fingerprint density at radius 1 is 1.15 bits per heavy atom. The van der Waals surface area contributed by atoms with E-state index in [0.717, 1.165) is 16.5 Å². The standard InChI is InChI=1S/C21H17ClN4O/c1-14-19(10-16-9-17(22)7-8-20(16)24-14)21(27)25-18-11-23-26(13-18)12-15-5-3-2-4-6-15/h2-11,13H,12H2,1H3,(H,25,27). The number of pyridine rings is 1. The van der Waals surface area contributed by atoms with Crippen molar-refractivity contribution in [2.75, 3.05) is 5.32 Å². The predicted octanol–water partition coefficient (Wildman–Crippen LogP) is 4.69. The third-order valence-corrected chi connectivity index (χ3v) is 4.53. The van der Waals surface area contributed by atoms with Gasteiger partial charge in [0.2, 0.25) is 0 Å². The molecule has 4 aromatic rings. The van der Waals surface area contributed by atoms with Crippen molar-refractivity contribution >= 4 is 34.1 Å². The number of benzene rings is 2. The number of nitrogens with one attached hydrogen (secondary N) is 1. The zero-order chi connectivity index (χ0) is 18.8. The zero-order valence-corrected chi connectivity index (χ0v) is 15.4. The Hall–Kier alpha value is -3.18. The molecule has 0 aliphatic carbocycles. The fourth-order valence-corrected chi connectivity index (χ4v) is 3.14. The van der Waals surface area contributed by atoms with E-state index in [1.165, 1.54) is 0 Å². The van der Waals surface area contributed by atoms with Crippen LogP contribution in [0.1, 0.15) is 21.6 Å². The van der Waals surface area contributed by atoms with Gasteiger partial charge in [-0.3, -0.25) is 14.5 Å². The minimum absolute atomic E-state index is 0.221. The summed E-state index contributed by atoms with van der Waals surface area (Å²) in [5.74, 6) is -0.221. The van der Waals surface area contributed by atoms with Crippen LogP contribution in [0.2, 0.25) is 5.02 Å². The summed E-state index contributed by atoms with van der Waals surface area (Å²) in [6.45, 7) is 2.47. The van der Waals surface area contributed by atoms with Crippen molar-refractivity contribution in [3.8, 4) is 0 Å². The van der Waals surface area contributed by atoms with Crippen molar-refractivity contribution in [2.45, 2.75) is 13.5 Å². The first-order chi connectivity index (χ1) is 13.1. The summed E-state index contributed by atoms with van der Waals surface area (Å²) >= 11 is 6.05. The van der Waals surface area contributed by atoms with Gasteiger partial charge in [0.1, 0.15) is 0 Å². The maximum absolute atomic E-state index is 12.7. The van der Waals surface area contributed by atoms with Gasteiger partial charge in [-0.25, -0.2) is 0 Å². The molecule has 0 radical (unpaired) electrons. The molecule has 2 heterocycles. The molecule has 4 rings (SSSR count). The smallest absolute Gasteiger partial charge is 0.257 e. The van der Waals surface area contributed by atoms with E-state index in [-0.39, 0.29) is 5.91 Å². The van der Waals surface area contributed by atoms with Crippen molar-refractivity contribution in [1.82, 2.24) is 14.8 Å². The van der Waals surface area contributed by atoms with Crippen LogP contribution in [0.25, 0.3) is 10.9 Å². The molecule has 0 saturated heterocycles. The Bertz CT molecular complexity index is 1120. The van der Waals surface area contributed by atoms with Crippen LogP contribution >= 0.6 is 11.6 Å². The van der Waals surface area contributed by atoms with Crippen molar-refractivity contribution < 1.29 is 4.79 Å². The molecule has 6 heteroatoms. The molecule has 1 N–H and O–H groups in total. The fourth-order valence-electron chi connectivity index (χ4n) is 2.96. The zero-order valence-electron chi connectivity index (χ0n) is 14.7. The summed E-state index contributed by atoms with van der Waals surface area (Å²) in [6.07, 6.45) is 3.45. The van der Waals surface area contributed by atoms with E-state index in [2.05, 4.69) is 15.4 Å². The molecular weight excluding hydrogens is 360 g/mol. The first kappa shape index (κ1) is 17.2. The second-order valence-electron chi connectivity index (χ2n) is 6.32. The third-order valence-electron chi connectivity index (χ3n) is 4.29. The van der Waals surface area contributed by atoms with E-state index < -0.39 is 0 Å². The van der Waals surface area contributed by atoms with E-state index in [4.69, 9.17) is 11.6 Å². The number of rotatable bonds is 4. The molecule has 5 nitrogen and oxygen atoms in total. The van der Waals surface area contributed by atoms with Gasteiger partial charge in [-0.15, -0.1) is 0 Å². The highest BCUT2D eigenvalue weighted by atomic mass is 35.5. The number of aryl methyl sites for hydroxylation is 1. The number of nitrogens with zero attached hydrogens (tertiary/aromatic N) is 3. The summed E-state index contributed by atoms with van der Waals surface area (Å²) in [5, 5.41) is 8.64. The lowest BCUT2D eigenvalue weighted by atomic mass is 10.1. The van der Waals surface area contributed by atoms with Crippen LogP contribution in [-0.4, -0.2) is 20.7 Å². The highest BCUT2D eigenvalue weighted by Gasteiger charge is 2.13. The minimum Gasteiger partial charge on any atom is -0.319 e. The van der Waals surface area contributed by atoms with Crippen molar-refractivity contribution in [2.24, 2.45) is 0 Å². The summed E-state index contributed by atoms with van der Waals surface area (Å²) in [6, 6.07) is 17.3. The molecule has 0 aliphatic heterocycles. The second kappa shape index (κ2) is 7.21. The summed E-state index contributed by atoms with van der Waals surface area (Å²) < 4.78 is 1.79. The van der Waals surface area contributed by atoms with Gasteiger partial charge in [0.25, 0.3) is 5.91 Å². The number of anilines is 1. The maximum atomic E-state index is 12.7. The average molecular weight is 377 g/mol. The van der Waals surface area contributed by atoms with Gasteiger partial charge in [-0.1, -0.05) is 41.9 Å². The molecule has 0 unspecified atom stereocenters. The van der Waals surface area contributed by atoms with E-state index in [1.807, 2.05) is 55.6 Å². The molecule has 0 spiro atoms. The normalized spacial score (nSPS) is 10.9. The number of carbonyl (C=O) groups is 1. The quantitative estimate of drug-likeness (QED) is 0.562. The molecule has 0 bridgehead atoms. The Labute approximate surface area is 161 Å². The lowest BCUT2D eigenvalue weighted by Gasteiger charge is -2.08. The van der Waals surface area contributed by atoms with Crippen LogP contribution in [-0.2, 0) is 6.54 Å². The van der Waals surface area contributed by atoms with Crippen molar-refractivity contribution in [3.63, 3.8) is 0 Å². The van der Waals surface area contributed by atoms with Gasteiger partial charge in [0.15, 0.2) is 0 Å². The molecule has 0 atom stereocenters. The molecule has 27 heavy (non-hydrogen) atoms. The molecule has 0 saturated carbocycles. The Kier molecular flexibility index (Phi) is 4.60. The highest BCUT2D eigenvalue weighted by molar-refractivity contribution is 6.31. The Morgan fingerprint density at radius 2 is 1.96 bits per heavy atom. The van der Waals surface area contributed by atoms with Crippen LogP contribution in [0.3, 0.4) is 0 Å². The van der Waals surface area contributed by atoms with Gasteiger partial charge < -0.3 is 5.32 Å². The number of halogens is 1. The van der Waals surface area contributed by atoms with Crippen LogP contribution in [0, 0.1) is 6.92 Å². The highest BCUT2D eigenvalue weighted by Crippen LogP contribution is 2.21. The van der Waals surface area contributed by atoms with Crippen molar-refractivity contribution in [3.05, 3.63) is 88.8 Å². The topological polar surface area (TPSA) is 59.8 Å². The van der Waals surface area contributed by atoms with Crippen molar-refractivity contribution in [1.29, 1.82) is 0 Å². The largest absolute Gasteiger partial charge is 0.319 e. The SMILES string of the molecule is Cc1nc2ccc(Cl)cc2cc1C(=O)Nc1cnn(Cc2ccccc2)c1. The fraction of sp³-hybridized carbons (Fsp3) is 0.0952. The van der Waals surface area contributed by atoms with Crippen LogP contribution in [0.15, 0.2) is 67.0 Å². The monoisotopic (exact) mass is 376 g/mol. The van der Waals surface area contributed by atoms with Gasteiger partial charge in [0.05, 0.1) is 35.2 Å². The van der Waals surface area contributed by atoms with Gasteiger partial charge in [0, 0.05) is 16.6 Å². The van der Waals surface area contributed by atoms with E-state index in [1.54, 1.807) is 23.0 Å². The molecular formula is C21H17ClN4O. The van der Waals surface area contributed by atoms with E-state index >= 15 is 0 Å².